The van der Waals surface area contributed by atoms with E-state index in [9.17, 15) is 0 Å². The lowest BCUT2D eigenvalue weighted by Crippen LogP contribution is -2.12. The third-order valence-electron chi connectivity index (χ3n) is 2.50. The van der Waals surface area contributed by atoms with Crippen molar-refractivity contribution in [2.75, 3.05) is 6.54 Å². The number of H-pyrrole nitrogens is 1. The van der Waals surface area contributed by atoms with Gasteiger partial charge in [-0.15, -0.1) is 0 Å². The molecular formula is C12H11N3. The topological polar surface area (TPSA) is 40.7 Å². The number of fused-ring (bicyclic) bond motifs is 1. The number of hydrogen-bond acceptors (Lipinski definition) is 2. The normalized spacial score (nSPS) is 15.1. The number of nitrogens with one attached hydrogen (secondary N) is 2. The molecule has 3 rings (SSSR count). The van der Waals surface area contributed by atoms with Crippen LogP contribution < -0.4 is 5.32 Å². The van der Waals surface area contributed by atoms with Crippen molar-refractivity contribution in [3.05, 3.63) is 48.4 Å². The Morgan fingerprint density at radius 1 is 1.20 bits per heavy atom. The molecule has 0 amide bonds. The number of rotatable bonds is 1. The van der Waals surface area contributed by atoms with Gasteiger partial charge in [0.05, 0.1) is 11.0 Å². The molecule has 1 aliphatic rings. The van der Waals surface area contributed by atoms with Crippen LogP contribution in [0.5, 0.6) is 0 Å². The van der Waals surface area contributed by atoms with Crippen molar-refractivity contribution in [2.45, 2.75) is 0 Å². The van der Waals surface area contributed by atoms with Gasteiger partial charge >= 0.3 is 0 Å². The van der Waals surface area contributed by atoms with Crippen molar-refractivity contribution in [3.63, 3.8) is 0 Å². The van der Waals surface area contributed by atoms with Crippen molar-refractivity contribution in [3.8, 4) is 0 Å². The minimum absolute atomic E-state index is 0.830. The van der Waals surface area contributed by atoms with Gasteiger partial charge < -0.3 is 10.3 Å². The molecule has 0 atom stereocenters. The van der Waals surface area contributed by atoms with Crippen molar-refractivity contribution in [2.24, 2.45) is 0 Å². The molecule has 0 aliphatic carbocycles. The second-order valence-electron chi connectivity index (χ2n) is 3.53. The Hall–Kier alpha value is -2.03. The highest BCUT2D eigenvalue weighted by Gasteiger charge is 2.07. The van der Waals surface area contributed by atoms with Gasteiger partial charge in [0, 0.05) is 12.1 Å². The van der Waals surface area contributed by atoms with E-state index in [1.165, 1.54) is 5.57 Å². The van der Waals surface area contributed by atoms with Crippen molar-refractivity contribution in [1.29, 1.82) is 0 Å². The second kappa shape index (κ2) is 3.28. The monoisotopic (exact) mass is 197 g/mol. The first-order valence-corrected chi connectivity index (χ1v) is 4.98. The number of hydrogen-bond donors (Lipinski definition) is 2. The molecule has 2 heterocycles. The van der Waals surface area contributed by atoms with Crippen LogP contribution in [-0.4, -0.2) is 16.5 Å². The molecule has 0 radical (unpaired) electrons. The molecule has 74 valence electrons. The molecule has 1 aromatic carbocycles. The fraction of sp³-hybridized carbons (Fsp3) is 0.0833. The lowest BCUT2D eigenvalue weighted by atomic mass is 10.2. The van der Waals surface area contributed by atoms with E-state index in [0.717, 1.165) is 23.4 Å². The minimum atomic E-state index is 0.830. The molecule has 0 saturated heterocycles. The standard InChI is InChI=1S/C12H11N3/c1-2-6-11-10(5-1)14-12(15-11)9-4-3-7-13-8-9/h1-7,13H,8H2,(H,14,15). The molecule has 2 aromatic rings. The van der Waals surface area contributed by atoms with E-state index < -0.39 is 0 Å². The highest BCUT2D eigenvalue weighted by atomic mass is 14.9. The van der Waals surface area contributed by atoms with Crippen LogP contribution >= 0.6 is 0 Å². The van der Waals surface area contributed by atoms with Crippen LogP contribution in [0, 0.1) is 0 Å². The van der Waals surface area contributed by atoms with Gasteiger partial charge in [-0.1, -0.05) is 18.2 Å². The van der Waals surface area contributed by atoms with Crippen LogP contribution in [0.25, 0.3) is 16.6 Å². The SMILES string of the molecule is C1=CNCC(c2nc3ccccc3[nH]2)=C1. The molecule has 0 saturated carbocycles. The number of imidazole rings is 1. The average molecular weight is 197 g/mol. The smallest absolute Gasteiger partial charge is 0.136 e. The number of allylic oxidation sites excluding steroid dienone is 2. The van der Waals surface area contributed by atoms with E-state index in [1.54, 1.807) is 0 Å². The van der Waals surface area contributed by atoms with Gasteiger partial charge in [0.1, 0.15) is 5.82 Å². The molecule has 3 nitrogen and oxygen atoms in total. The number of para-hydroxylation sites is 2. The summed E-state index contributed by atoms with van der Waals surface area (Å²) in [6.07, 6.45) is 6.01. The first-order valence-electron chi connectivity index (χ1n) is 4.98. The number of benzene rings is 1. The molecule has 0 bridgehead atoms. The summed E-state index contributed by atoms with van der Waals surface area (Å²) in [5.41, 5.74) is 3.29. The third-order valence-corrected chi connectivity index (χ3v) is 2.50. The Kier molecular flexibility index (Phi) is 1.81. The maximum atomic E-state index is 4.54. The van der Waals surface area contributed by atoms with E-state index in [0.29, 0.717) is 0 Å². The van der Waals surface area contributed by atoms with Gasteiger partial charge in [-0.3, -0.25) is 0 Å². The van der Waals surface area contributed by atoms with Crippen LogP contribution in [0.2, 0.25) is 0 Å². The summed E-state index contributed by atoms with van der Waals surface area (Å²) in [6.45, 7) is 0.830. The first-order chi connectivity index (χ1) is 7.43. The van der Waals surface area contributed by atoms with Gasteiger partial charge in [-0.05, 0) is 24.4 Å². The Balaban J connectivity index is 2.11. The van der Waals surface area contributed by atoms with E-state index in [2.05, 4.69) is 21.4 Å². The molecular weight excluding hydrogens is 186 g/mol. The third kappa shape index (κ3) is 1.42. The fourth-order valence-corrected chi connectivity index (χ4v) is 1.73. The predicted octanol–water partition coefficient (Wildman–Crippen LogP) is 2.06. The molecule has 0 unspecified atom stereocenters. The zero-order chi connectivity index (χ0) is 10.1. The Bertz CT molecular complexity index is 516. The quantitative estimate of drug-likeness (QED) is 0.734. The van der Waals surface area contributed by atoms with Crippen molar-refractivity contribution in [1.82, 2.24) is 15.3 Å². The molecule has 0 fully saturated rings. The van der Waals surface area contributed by atoms with E-state index in [1.807, 2.05) is 36.5 Å². The zero-order valence-electron chi connectivity index (χ0n) is 8.20. The van der Waals surface area contributed by atoms with E-state index in [4.69, 9.17) is 0 Å². The number of nitrogens with zero attached hydrogens (tertiary/aromatic N) is 1. The van der Waals surface area contributed by atoms with Crippen molar-refractivity contribution >= 4 is 16.6 Å². The first kappa shape index (κ1) is 8.29. The minimum Gasteiger partial charge on any atom is -0.387 e. The summed E-state index contributed by atoms with van der Waals surface area (Å²) in [7, 11) is 0. The van der Waals surface area contributed by atoms with Gasteiger partial charge in [0.25, 0.3) is 0 Å². The highest BCUT2D eigenvalue weighted by Crippen LogP contribution is 2.17. The van der Waals surface area contributed by atoms with Gasteiger partial charge in [0.2, 0.25) is 0 Å². The average Bonchev–Trinajstić information content (AvgIpc) is 2.74. The van der Waals surface area contributed by atoms with Crippen LogP contribution in [0.4, 0.5) is 0 Å². The van der Waals surface area contributed by atoms with Crippen LogP contribution in [0.1, 0.15) is 5.82 Å². The Morgan fingerprint density at radius 3 is 2.93 bits per heavy atom. The van der Waals surface area contributed by atoms with Crippen molar-refractivity contribution < 1.29 is 0 Å². The Labute approximate surface area is 87.5 Å². The number of dihydropyridines is 1. The van der Waals surface area contributed by atoms with Crippen LogP contribution in [0.15, 0.2) is 42.6 Å². The lowest BCUT2D eigenvalue weighted by molar-refractivity contribution is 0.973. The maximum absolute atomic E-state index is 4.54. The van der Waals surface area contributed by atoms with Gasteiger partial charge in [0.15, 0.2) is 0 Å². The van der Waals surface area contributed by atoms with E-state index >= 15 is 0 Å². The van der Waals surface area contributed by atoms with Gasteiger partial charge in [-0.25, -0.2) is 4.98 Å². The molecule has 0 spiro atoms. The molecule has 1 aliphatic heterocycles. The summed E-state index contributed by atoms with van der Waals surface area (Å²) in [6, 6.07) is 8.07. The summed E-state index contributed by atoms with van der Waals surface area (Å²) >= 11 is 0. The summed E-state index contributed by atoms with van der Waals surface area (Å²) < 4.78 is 0. The zero-order valence-corrected chi connectivity index (χ0v) is 8.20. The lowest BCUT2D eigenvalue weighted by Gasteiger charge is -2.07. The summed E-state index contributed by atoms with van der Waals surface area (Å²) in [5.74, 6) is 0.952. The molecule has 15 heavy (non-hydrogen) atoms. The largest absolute Gasteiger partial charge is 0.387 e. The highest BCUT2D eigenvalue weighted by molar-refractivity contribution is 5.79. The molecule has 3 heteroatoms. The predicted molar refractivity (Wildman–Crippen MR) is 61.2 cm³/mol. The second-order valence-corrected chi connectivity index (χ2v) is 3.53. The maximum Gasteiger partial charge on any atom is 0.136 e. The number of aromatic nitrogens is 2. The summed E-state index contributed by atoms with van der Waals surface area (Å²) in [4.78, 5) is 7.85. The number of aromatic amines is 1. The van der Waals surface area contributed by atoms with Gasteiger partial charge in [-0.2, -0.15) is 0 Å². The van der Waals surface area contributed by atoms with Crippen LogP contribution in [-0.2, 0) is 0 Å². The van der Waals surface area contributed by atoms with Crippen LogP contribution in [0.3, 0.4) is 0 Å². The molecule has 2 N–H and O–H groups in total. The van der Waals surface area contributed by atoms with E-state index in [-0.39, 0.29) is 0 Å². The molecule has 1 aromatic heterocycles. The summed E-state index contributed by atoms with van der Waals surface area (Å²) in [5, 5.41) is 3.17. The fourth-order valence-electron chi connectivity index (χ4n) is 1.73. The Morgan fingerprint density at radius 2 is 2.13 bits per heavy atom.